The van der Waals surface area contributed by atoms with E-state index < -0.39 is 23.3 Å². The molecular formula is C23H31N3O6. The molecule has 0 heterocycles. The summed E-state index contributed by atoms with van der Waals surface area (Å²) in [5.41, 5.74) is 0.0831. The van der Waals surface area contributed by atoms with Crippen LogP contribution in [-0.2, 0) is 0 Å². The van der Waals surface area contributed by atoms with Crippen LogP contribution >= 0.6 is 0 Å². The van der Waals surface area contributed by atoms with Gasteiger partial charge in [0.15, 0.2) is 23.0 Å². The Morgan fingerprint density at radius 1 is 0.750 bits per heavy atom. The molecule has 0 unspecified atom stereocenters. The highest BCUT2D eigenvalue weighted by atomic mass is 16.3. The lowest BCUT2D eigenvalue weighted by molar-refractivity contribution is 0.0939. The van der Waals surface area contributed by atoms with E-state index in [4.69, 9.17) is 0 Å². The van der Waals surface area contributed by atoms with Gasteiger partial charge < -0.3 is 36.0 Å². The van der Waals surface area contributed by atoms with Crippen LogP contribution in [0, 0.1) is 0 Å². The predicted molar refractivity (Wildman–Crippen MR) is 120 cm³/mol. The van der Waals surface area contributed by atoms with Crippen LogP contribution in [-0.4, -0.2) is 69.9 Å². The van der Waals surface area contributed by atoms with Crippen molar-refractivity contribution in [3.05, 3.63) is 47.5 Å². The van der Waals surface area contributed by atoms with Crippen molar-refractivity contribution in [3.8, 4) is 23.0 Å². The highest BCUT2D eigenvalue weighted by Gasteiger charge is 2.14. The molecule has 2 aromatic rings. The predicted octanol–water partition coefficient (Wildman–Crippen LogP) is 2.16. The standard InChI is InChI=1S/C23H31N3O6/c1-2-26(15-7-13-25-23(32)17-9-6-11-19(28)21(17)30)14-4-3-12-24-22(31)16-8-5-10-18(27)20(16)29/h5-6,8-11,27-30H,2-4,7,12-15H2,1H3,(H,24,31)(H,25,32). The van der Waals surface area contributed by atoms with E-state index >= 15 is 0 Å². The second-order valence-corrected chi connectivity index (χ2v) is 7.35. The quantitative estimate of drug-likeness (QED) is 0.217. The summed E-state index contributed by atoms with van der Waals surface area (Å²) in [6.07, 6.45) is 2.35. The molecule has 174 valence electrons. The Labute approximate surface area is 187 Å². The molecule has 0 aliphatic heterocycles. The number of phenols is 4. The van der Waals surface area contributed by atoms with E-state index in [0.717, 1.165) is 38.9 Å². The maximum Gasteiger partial charge on any atom is 0.255 e. The Hall–Kier alpha value is -3.46. The second kappa shape index (κ2) is 12.4. The number of amides is 2. The van der Waals surface area contributed by atoms with Gasteiger partial charge in [-0.3, -0.25) is 9.59 Å². The van der Waals surface area contributed by atoms with Crippen LogP contribution in [0.15, 0.2) is 36.4 Å². The first kappa shape index (κ1) is 24.8. The van der Waals surface area contributed by atoms with Gasteiger partial charge in [0.2, 0.25) is 0 Å². The molecule has 2 rings (SSSR count). The number of para-hydroxylation sites is 2. The number of phenolic OH excluding ortho intramolecular Hbond substituents is 4. The topological polar surface area (TPSA) is 142 Å². The first-order valence-electron chi connectivity index (χ1n) is 10.7. The van der Waals surface area contributed by atoms with Gasteiger partial charge in [0.1, 0.15) is 0 Å². The molecule has 9 nitrogen and oxygen atoms in total. The van der Waals surface area contributed by atoms with Gasteiger partial charge in [0.05, 0.1) is 11.1 Å². The fourth-order valence-electron chi connectivity index (χ4n) is 3.21. The summed E-state index contributed by atoms with van der Waals surface area (Å²) in [6.45, 7) is 5.42. The van der Waals surface area contributed by atoms with Crippen LogP contribution in [0.2, 0.25) is 0 Å². The van der Waals surface area contributed by atoms with E-state index in [-0.39, 0.29) is 22.6 Å². The smallest absolute Gasteiger partial charge is 0.255 e. The van der Waals surface area contributed by atoms with Crippen LogP contribution in [0.5, 0.6) is 23.0 Å². The minimum absolute atomic E-state index is 0.0402. The molecule has 0 radical (unpaired) electrons. The largest absolute Gasteiger partial charge is 0.504 e. The first-order valence-corrected chi connectivity index (χ1v) is 10.7. The number of nitrogens with one attached hydrogen (secondary N) is 2. The average molecular weight is 446 g/mol. The molecule has 6 N–H and O–H groups in total. The molecule has 0 saturated carbocycles. The third-order valence-corrected chi connectivity index (χ3v) is 5.09. The number of aromatic hydroxyl groups is 4. The van der Waals surface area contributed by atoms with E-state index in [1.807, 2.05) is 0 Å². The Bertz CT molecular complexity index is 919. The zero-order valence-corrected chi connectivity index (χ0v) is 18.2. The Balaban J connectivity index is 1.62. The lowest BCUT2D eigenvalue weighted by atomic mass is 10.1. The van der Waals surface area contributed by atoms with Gasteiger partial charge in [-0.2, -0.15) is 0 Å². The average Bonchev–Trinajstić information content (AvgIpc) is 2.78. The Morgan fingerprint density at radius 2 is 1.22 bits per heavy atom. The van der Waals surface area contributed by atoms with Gasteiger partial charge in [-0.05, 0) is 63.2 Å². The van der Waals surface area contributed by atoms with Crippen molar-refractivity contribution >= 4 is 11.8 Å². The number of benzene rings is 2. The van der Waals surface area contributed by atoms with Crippen molar-refractivity contribution in [2.75, 3.05) is 32.7 Å². The molecule has 0 saturated heterocycles. The molecule has 0 atom stereocenters. The van der Waals surface area contributed by atoms with Crippen molar-refractivity contribution in [1.29, 1.82) is 0 Å². The van der Waals surface area contributed by atoms with Crippen molar-refractivity contribution in [2.24, 2.45) is 0 Å². The van der Waals surface area contributed by atoms with Crippen molar-refractivity contribution < 1.29 is 30.0 Å². The van der Waals surface area contributed by atoms with Crippen LogP contribution in [0.4, 0.5) is 0 Å². The number of carbonyl (C=O) groups excluding carboxylic acids is 2. The van der Waals surface area contributed by atoms with Gasteiger partial charge in [0, 0.05) is 13.1 Å². The van der Waals surface area contributed by atoms with E-state index in [1.54, 1.807) is 0 Å². The normalized spacial score (nSPS) is 10.8. The zero-order valence-electron chi connectivity index (χ0n) is 18.2. The van der Waals surface area contributed by atoms with E-state index in [0.29, 0.717) is 13.1 Å². The summed E-state index contributed by atoms with van der Waals surface area (Å²) in [5, 5.41) is 43.9. The lowest BCUT2D eigenvalue weighted by Crippen LogP contribution is -2.31. The molecule has 2 aromatic carbocycles. The Morgan fingerprint density at radius 3 is 1.72 bits per heavy atom. The Kier molecular flexibility index (Phi) is 9.62. The third-order valence-electron chi connectivity index (χ3n) is 5.09. The van der Waals surface area contributed by atoms with Crippen LogP contribution in [0.3, 0.4) is 0 Å². The molecule has 0 aliphatic carbocycles. The van der Waals surface area contributed by atoms with Crippen LogP contribution < -0.4 is 10.6 Å². The summed E-state index contributed by atoms with van der Waals surface area (Å²) < 4.78 is 0. The van der Waals surface area contributed by atoms with Gasteiger partial charge in [0.25, 0.3) is 11.8 Å². The molecule has 0 bridgehead atoms. The third kappa shape index (κ3) is 7.05. The number of rotatable bonds is 12. The van der Waals surface area contributed by atoms with Gasteiger partial charge >= 0.3 is 0 Å². The fourth-order valence-corrected chi connectivity index (χ4v) is 3.21. The van der Waals surface area contributed by atoms with Crippen LogP contribution in [0.25, 0.3) is 0 Å². The SMILES string of the molecule is CCN(CCCCNC(=O)c1cccc(O)c1O)CCCNC(=O)c1cccc(O)c1O. The fraction of sp³-hybridized carbons (Fsp3) is 0.391. The highest BCUT2D eigenvalue weighted by Crippen LogP contribution is 2.28. The van der Waals surface area contributed by atoms with Crippen LogP contribution in [0.1, 0.15) is 46.9 Å². The van der Waals surface area contributed by atoms with E-state index in [1.165, 1.54) is 36.4 Å². The van der Waals surface area contributed by atoms with Gasteiger partial charge in [-0.15, -0.1) is 0 Å². The maximum atomic E-state index is 12.1. The van der Waals surface area contributed by atoms with Crippen molar-refractivity contribution in [2.45, 2.75) is 26.2 Å². The lowest BCUT2D eigenvalue weighted by Gasteiger charge is -2.20. The van der Waals surface area contributed by atoms with E-state index in [9.17, 15) is 30.0 Å². The summed E-state index contributed by atoms with van der Waals surface area (Å²) in [4.78, 5) is 26.4. The summed E-state index contributed by atoms with van der Waals surface area (Å²) in [5.74, 6) is -2.37. The first-order chi connectivity index (χ1) is 15.3. The number of hydrogen-bond acceptors (Lipinski definition) is 7. The number of hydrogen-bond donors (Lipinski definition) is 6. The second-order valence-electron chi connectivity index (χ2n) is 7.35. The van der Waals surface area contributed by atoms with Gasteiger partial charge in [-0.1, -0.05) is 19.1 Å². The minimum atomic E-state index is -0.435. The molecule has 0 spiro atoms. The molecule has 9 heteroatoms. The molecule has 2 amide bonds. The molecule has 32 heavy (non-hydrogen) atoms. The zero-order chi connectivity index (χ0) is 23.5. The number of nitrogens with zero attached hydrogens (tertiary/aromatic N) is 1. The number of unbranched alkanes of at least 4 members (excludes halogenated alkanes) is 1. The molecule has 0 aliphatic rings. The summed E-state index contributed by atoms with van der Waals surface area (Å²) in [6, 6.07) is 8.52. The summed E-state index contributed by atoms with van der Waals surface area (Å²) in [7, 11) is 0. The monoisotopic (exact) mass is 445 g/mol. The maximum absolute atomic E-state index is 12.1. The van der Waals surface area contributed by atoms with E-state index in [2.05, 4.69) is 22.5 Å². The van der Waals surface area contributed by atoms with Crippen molar-refractivity contribution in [3.63, 3.8) is 0 Å². The number of carbonyl (C=O) groups is 2. The minimum Gasteiger partial charge on any atom is -0.504 e. The summed E-state index contributed by atoms with van der Waals surface area (Å²) >= 11 is 0. The van der Waals surface area contributed by atoms with Gasteiger partial charge in [-0.25, -0.2) is 0 Å². The molecule has 0 fully saturated rings. The van der Waals surface area contributed by atoms with Crippen molar-refractivity contribution in [1.82, 2.24) is 15.5 Å². The molecular weight excluding hydrogens is 414 g/mol. The highest BCUT2D eigenvalue weighted by molar-refractivity contribution is 5.98. The molecule has 0 aromatic heterocycles.